The van der Waals surface area contributed by atoms with E-state index in [1.165, 1.54) is 70.9 Å². The number of nitrogens with zero attached hydrogens (tertiary/aromatic N) is 6. The van der Waals surface area contributed by atoms with E-state index in [9.17, 15) is 0 Å². The van der Waals surface area contributed by atoms with E-state index < -0.39 is 0 Å². The molecule has 25 rings (SSSR count). The topological polar surface area (TPSA) is 74.7 Å². The Kier molecular flexibility index (Phi) is 14.2. The maximum atomic E-state index is 8.30. The van der Waals surface area contributed by atoms with Crippen LogP contribution in [0.2, 0.25) is 0 Å². The molecule has 0 fully saturated rings. The number of benzene rings is 15. The Hall–Kier alpha value is -15.5. The van der Waals surface area contributed by atoms with Crippen LogP contribution in [0.25, 0.3) is 186 Å². The van der Waals surface area contributed by atoms with Crippen LogP contribution in [0.15, 0.2) is 403 Å². The molecular weight excluding hydrogens is 1430 g/mol. The van der Waals surface area contributed by atoms with Crippen molar-refractivity contribution in [2.75, 3.05) is 14.7 Å². The number of rotatable bonds is 10. The van der Waals surface area contributed by atoms with Crippen molar-refractivity contribution in [3.63, 3.8) is 0 Å². The van der Waals surface area contributed by atoms with Crippen LogP contribution in [0.4, 0.5) is 34.3 Å². The van der Waals surface area contributed by atoms with Crippen LogP contribution in [0.1, 0.15) is 11.1 Å². The van der Waals surface area contributed by atoms with Crippen LogP contribution in [-0.4, -0.2) is 27.0 Å². The maximum absolute atomic E-state index is 8.30. The van der Waals surface area contributed by atoms with Gasteiger partial charge in [0.15, 0.2) is 11.2 Å². The predicted octanol–water partition coefficient (Wildman–Crippen LogP) is 28.8. The zero-order valence-corrected chi connectivity index (χ0v) is 63.1. The Balaban J connectivity index is 0.789. The van der Waals surface area contributed by atoms with Crippen molar-refractivity contribution in [3.05, 3.63) is 405 Å². The summed E-state index contributed by atoms with van der Waals surface area (Å²) in [7, 11) is 0. The van der Waals surface area contributed by atoms with E-state index in [0.29, 0.717) is 5.58 Å². The number of para-hydroxylation sites is 1. The number of anilines is 6. The summed E-state index contributed by atoms with van der Waals surface area (Å²) in [6.45, 7) is 0. The highest BCUT2D eigenvalue weighted by molar-refractivity contribution is 6.39. The molecule has 2 aliphatic carbocycles. The molecule has 0 N–H and O–H groups in total. The predicted molar refractivity (Wildman–Crippen MR) is 488 cm³/mol. The fourth-order valence-corrected chi connectivity index (χ4v) is 19.6. The number of hydrogen-bond donors (Lipinski definition) is 0. The number of hydrogen-bond acceptors (Lipinski definition) is 8. The molecule has 2 atom stereocenters. The summed E-state index contributed by atoms with van der Waals surface area (Å²) < 4.78 is 16.0. The Labute approximate surface area is 672 Å². The van der Waals surface area contributed by atoms with Gasteiger partial charge in [-0.25, -0.2) is 9.97 Å². The van der Waals surface area contributed by atoms with Gasteiger partial charge in [0.1, 0.15) is 17.0 Å². The molecule has 16 aromatic carbocycles. The van der Waals surface area contributed by atoms with E-state index >= 15 is 0 Å². The summed E-state index contributed by atoms with van der Waals surface area (Å²) in [5, 5.41) is 20.9. The number of allylic oxidation sites excluding steroid dienone is 6. The van der Waals surface area contributed by atoms with Gasteiger partial charge in [-0.15, -0.1) is 0 Å². The summed E-state index contributed by atoms with van der Waals surface area (Å²) in [4.78, 5) is 22.9. The van der Waals surface area contributed by atoms with Crippen molar-refractivity contribution in [3.8, 4) is 44.6 Å². The maximum Gasteiger partial charge on any atom is 0.160 e. The zero-order valence-electron chi connectivity index (χ0n) is 63.1. The minimum absolute atomic E-state index is 0.111. The molecule has 4 aliphatic rings. The lowest BCUT2D eigenvalue weighted by Crippen LogP contribution is -2.34. The number of furan rings is 2. The minimum atomic E-state index is -0.209. The Morgan fingerprint density at radius 3 is 1.93 bits per heavy atom. The monoisotopic (exact) mass is 1490 g/mol. The lowest BCUT2D eigenvalue weighted by Gasteiger charge is -2.39. The third kappa shape index (κ3) is 10.0. The fourth-order valence-electron chi connectivity index (χ4n) is 19.6. The molecule has 117 heavy (non-hydrogen) atoms. The van der Waals surface area contributed by atoms with E-state index in [2.05, 4.69) is 378 Å². The smallest absolute Gasteiger partial charge is 0.160 e. The second-order valence-corrected chi connectivity index (χ2v) is 31.2. The molecule has 0 saturated heterocycles. The van der Waals surface area contributed by atoms with Gasteiger partial charge < -0.3 is 18.6 Å². The zero-order chi connectivity index (χ0) is 76.5. The molecule has 7 heterocycles. The van der Waals surface area contributed by atoms with Gasteiger partial charge in [-0.1, -0.05) is 249 Å². The number of aromatic nitrogens is 3. The lowest BCUT2D eigenvalue weighted by molar-refractivity contribution is 0.667. The first kappa shape index (κ1) is 65.1. The average Bonchev–Trinajstić information content (AvgIpc) is 1.55. The quantitative estimate of drug-likeness (QED) is 0.0990. The van der Waals surface area contributed by atoms with Crippen molar-refractivity contribution in [2.24, 2.45) is 0 Å². The van der Waals surface area contributed by atoms with Crippen LogP contribution in [-0.2, 0) is 0 Å². The van der Waals surface area contributed by atoms with Crippen molar-refractivity contribution in [1.29, 1.82) is 0 Å². The Bertz CT molecular complexity index is 8080. The summed E-state index contributed by atoms with van der Waals surface area (Å²) in [5.74, 6) is 0.724. The molecule has 8 heteroatoms. The normalized spacial score (nSPS) is 15.2. The van der Waals surface area contributed by atoms with Crippen molar-refractivity contribution in [1.82, 2.24) is 15.0 Å². The first-order chi connectivity index (χ1) is 58.0. The minimum Gasteiger partial charge on any atom is -0.456 e. The first-order valence-electron chi connectivity index (χ1n) is 40.1. The van der Waals surface area contributed by atoms with E-state index in [-0.39, 0.29) is 12.1 Å². The Morgan fingerprint density at radius 1 is 0.368 bits per heavy atom. The second kappa shape index (κ2) is 25.5. The van der Waals surface area contributed by atoms with Gasteiger partial charge in [-0.3, -0.25) is 9.88 Å². The SMILES string of the molecule is C1=CC2=Cc3c(-c4cccc5cc6ccccc6cc45)cccc3N(c3ccc4c5cc(N6C=CC=C7C=C(c8ccccc8)C=CC76)cc6oc7cc(-c8nc9cc(-c%10cccc%11ccc%12ccccc%12c%10%11)ccc9c9ccccc89)cc(c8ccc(N(c9ccccc9)c9ccc(-c%10ccncc%10)cn9)c9oc3c4c98)c7c65)C2C=C1. The standard InChI is InChI=1S/C109H66N6O2/c1-3-19-65(20-4-1)71-41-46-94-74(56-71)27-18-54-113(94)79-62-92-87-45-48-98(115-95-36-14-10-24-75(95)58-90-83(35-17-37-96(90)115)82-34-16-26-72-55-69-22-7-8-23-70(69)57-89(72)82)109-106(87)105-86(44-47-97(108(105)117-109)114(78-28-5-2-6-29-78)101-49-42-76(64-111-101)66-50-52-110-53-51-66)91-59-77(61-99-103(91)104(92)100(63-79)116-99)107-88-32-13-12-31-84(88)85-43-40-73(60-93(85)112-107)81-33-15-25-68-39-38-67-21-9-11-30-80(67)102(68)81/h1-64,94-95H. The van der Waals surface area contributed by atoms with E-state index in [4.69, 9.17) is 18.8 Å². The highest BCUT2D eigenvalue weighted by atomic mass is 16.3. The average molecular weight is 1490 g/mol. The molecular formula is C109H66N6O2. The van der Waals surface area contributed by atoms with Gasteiger partial charge in [0.05, 0.1) is 34.7 Å². The summed E-state index contributed by atoms with van der Waals surface area (Å²) in [6, 6.07) is 110. The molecule has 0 amide bonds. The third-order valence-corrected chi connectivity index (χ3v) is 24.9. The molecule has 2 aliphatic heterocycles. The van der Waals surface area contributed by atoms with Gasteiger partial charge in [-0.05, 0) is 229 Å². The van der Waals surface area contributed by atoms with Crippen LogP contribution in [0.5, 0.6) is 0 Å². The summed E-state index contributed by atoms with van der Waals surface area (Å²) in [6.07, 6.45) is 30.6. The van der Waals surface area contributed by atoms with Gasteiger partial charge >= 0.3 is 0 Å². The molecule has 0 spiro atoms. The highest BCUT2D eigenvalue weighted by Crippen LogP contribution is 2.56. The van der Waals surface area contributed by atoms with Gasteiger partial charge in [0, 0.05) is 96.9 Å². The summed E-state index contributed by atoms with van der Waals surface area (Å²) in [5.41, 5.74) is 22.8. The van der Waals surface area contributed by atoms with Crippen LogP contribution >= 0.6 is 0 Å². The van der Waals surface area contributed by atoms with Crippen molar-refractivity contribution < 1.29 is 8.83 Å². The highest BCUT2D eigenvalue weighted by Gasteiger charge is 2.36. The molecule has 2 unspecified atom stereocenters. The largest absolute Gasteiger partial charge is 0.456 e. The molecule has 8 nitrogen and oxygen atoms in total. The van der Waals surface area contributed by atoms with E-state index in [0.717, 1.165) is 160 Å². The first-order valence-corrected chi connectivity index (χ1v) is 40.1. The lowest BCUT2D eigenvalue weighted by atomic mass is 9.86. The molecule has 0 bridgehead atoms. The second-order valence-electron chi connectivity index (χ2n) is 31.2. The Morgan fingerprint density at radius 2 is 1.08 bits per heavy atom. The summed E-state index contributed by atoms with van der Waals surface area (Å²) >= 11 is 0. The molecule has 5 aromatic heterocycles. The third-order valence-electron chi connectivity index (χ3n) is 24.9. The van der Waals surface area contributed by atoms with E-state index in [1.54, 1.807) is 0 Å². The fraction of sp³-hybridized carbons (Fsp3) is 0.0183. The molecule has 21 aromatic rings. The van der Waals surface area contributed by atoms with Crippen LogP contribution in [0.3, 0.4) is 0 Å². The number of pyridine rings is 3. The molecule has 0 radical (unpaired) electrons. The molecule has 544 valence electrons. The molecule has 0 saturated carbocycles. The van der Waals surface area contributed by atoms with Crippen LogP contribution < -0.4 is 14.7 Å². The van der Waals surface area contributed by atoms with Crippen molar-refractivity contribution in [2.45, 2.75) is 12.1 Å². The van der Waals surface area contributed by atoms with E-state index in [1.807, 2.05) is 30.7 Å². The van der Waals surface area contributed by atoms with Crippen LogP contribution in [0, 0.1) is 0 Å². The number of fused-ring (bicyclic) bond motifs is 13. The van der Waals surface area contributed by atoms with Gasteiger partial charge in [0.2, 0.25) is 0 Å². The van der Waals surface area contributed by atoms with Gasteiger partial charge in [0.25, 0.3) is 0 Å². The van der Waals surface area contributed by atoms with Gasteiger partial charge in [-0.2, -0.15) is 0 Å². The van der Waals surface area contributed by atoms with Crippen molar-refractivity contribution >= 4 is 176 Å².